The van der Waals surface area contributed by atoms with Crippen LogP contribution in [-0.4, -0.2) is 6.71 Å². The fraction of sp³-hybridized carbons (Fsp3) is 0.311. The number of rotatable bonds is 4. The van der Waals surface area contributed by atoms with Gasteiger partial charge in [0.25, 0.3) is 6.71 Å². The Morgan fingerprint density at radius 1 is 0.492 bits per heavy atom. The van der Waals surface area contributed by atoms with E-state index in [0.717, 1.165) is 34.2 Å². The van der Waals surface area contributed by atoms with Gasteiger partial charge < -0.3 is 14.5 Å². The van der Waals surface area contributed by atoms with E-state index in [1.54, 1.807) is 0 Å². The van der Waals surface area contributed by atoms with Crippen LogP contribution in [-0.2, 0) is 27.1 Å². The molecule has 0 spiro atoms. The van der Waals surface area contributed by atoms with E-state index in [1.807, 2.05) is 0 Å². The molecule has 0 atom stereocenters. The van der Waals surface area contributed by atoms with Crippen LogP contribution >= 0.6 is 0 Å². The van der Waals surface area contributed by atoms with Crippen molar-refractivity contribution in [1.29, 1.82) is 0 Å². The van der Waals surface area contributed by atoms with Gasteiger partial charge in [0, 0.05) is 33.9 Å². The lowest BCUT2D eigenvalue weighted by Crippen LogP contribution is -2.60. The number of nitrogens with zero attached hydrogens (tertiary/aromatic N) is 2. The minimum absolute atomic E-state index is 0.0204. The summed E-state index contributed by atoms with van der Waals surface area (Å²) in [7, 11) is 0. The first-order valence-electron chi connectivity index (χ1n) is 23.7. The Morgan fingerprint density at radius 2 is 1.02 bits per heavy atom. The van der Waals surface area contributed by atoms with E-state index in [-0.39, 0.29) is 33.8 Å². The Balaban J connectivity index is 1.36. The molecule has 328 valence electrons. The fourth-order valence-corrected chi connectivity index (χ4v) is 10.8. The van der Waals surface area contributed by atoms with E-state index in [2.05, 4.69) is 246 Å². The zero-order valence-electron chi connectivity index (χ0n) is 41.2. The normalized spacial score (nSPS) is 14.8. The first kappa shape index (κ1) is 42.9. The van der Waals surface area contributed by atoms with Gasteiger partial charge in [-0.25, -0.2) is 0 Å². The summed E-state index contributed by atoms with van der Waals surface area (Å²) in [4.78, 5) is 5.09. The van der Waals surface area contributed by atoms with Crippen molar-refractivity contribution in [1.82, 2.24) is 0 Å². The third-order valence-corrected chi connectivity index (χ3v) is 14.5. The molecule has 0 N–H and O–H groups in total. The van der Waals surface area contributed by atoms with Crippen LogP contribution < -0.4 is 30.9 Å². The summed E-state index contributed by atoms with van der Waals surface area (Å²) in [6, 6.07) is 53.3. The van der Waals surface area contributed by atoms with Crippen LogP contribution in [0.3, 0.4) is 0 Å². The number of anilines is 6. The summed E-state index contributed by atoms with van der Waals surface area (Å²) in [6.07, 6.45) is 0. The molecular weight excluding hydrogens is 787 g/mol. The fourth-order valence-electron chi connectivity index (χ4n) is 10.8. The number of ether oxygens (including phenoxy) is 1. The maximum Gasteiger partial charge on any atom is 0.257 e. The molecule has 0 amide bonds. The second-order valence-corrected chi connectivity index (χ2v) is 23.5. The standard InChI is InChI=1S/C61H65BN2O/c1-57(2,3)38-22-29-42(30-23-38)63(43-31-24-39(25-32-43)58(4,5)6)49-37-50-56(53-45-18-15-16-19-46(45)61(13,14)54(49)53)62-47-36-41(60(10,11)12)28-35-51(47)65-52-21-17-20-48(55(52)62)64(50)44-33-26-40(27-34-44)59(7,8)9/h15-37H,1-14H3. The van der Waals surface area contributed by atoms with Crippen molar-refractivity contribution >= 4 is 57.2 Å². The van der Waals surface area contributed by atoms with Crippen LogP contribution in [0.25, 0.3) is 11.1 Å². The minimum atomic E-state index is -0.328. The van der Waals surface area contributed by atoms with Gasteiger partial charge in [0.2, 0.25) is 0 Å². The molecule has 0 fully saturated rings. The molecule has 3 aliphatic rings. The van der Waals surface area contributed by atoms with Crippen molar-refractivity contribution in [3.63, 3.8) is 0 Å². The molecule has 1 aliphatic carbocycles. The zero-order chi connectivity index (χ0) is 46.2. The van der Waals surface area contributed by atoms with Gasteiger partial charge in [-0.15, -0.1) is 0 Å². The summed E-state index contributed by atoms with van der Waals surface area (Å²) < 4.78 is 6.99. The monoisotopic (exact) mass is 853 g/mol. The quantitative estimate of drug-likeness (QED) is 0.164. The van der Waals surface area contributed by atoms with Crippen molar-refractivity contribution in [2.75, 3.05) is 9.80 Å². The average Bonchev–Trinajstić information content (AvgIpc) is 3.49. The summed E-state index contributed by atoms with van der Waals surface area (Å²) in [6.45, 7) is 32.4. The summed E-state index contributed by atoms with van der Waals surface area (Å²) >= 11 is 0. The molecule has 0 radical (unpaired) electrons. The molecule has 2 aliphatic heterocycles. The smallest absolute Gasteiger partial charge is 0.257 e. The van der Waals surface area contributed by atoms with Crippen LogP contribution in [0.4, 0.5) is 34.1 Å². The van der Waals surface area contributed by atoms with Crippen LogP contribution in [0.2, 0.25) is 0 Å². The third-order valence-electron chi connectivity index (χ3n) is 14.5. The van der Waals surface area contributed by atoms with Crippen LogP contribution in [0.1, 0.15) is 130 Å². The second kappa shape index (κ2) is 14.5. The first-order valence-corrected chi connectivity index (χ1v) is 23.7. The van der Waals surface area contributed by atoms with Gasteiger partial charge in [-0.1, -0.05) is 176 Å². The van der Waals surface area contributed by atoms with Crippen LogP contribution in [0.15, 0.2) is 140 Å². The van der Waals surface area contributed by atoms with Gasteiger partial charge in [-0.05, 0) is 143 Å². The number of fused-ring (bicyclic) bond motifs is 8. The SMILES string of the molecule is CC(C)(C)c1ccc(N(c2ccc(C(C)(C)C)cc2)c2cc3c(c4c2C(C)(C)c2ccccc2-4)B2c4cc(C(C)(C)C)ccc4Oc4cccc(c42)N3c2ccc(C(C)(C)C)cc2)cc1. The first-order chi connectivity index (χ1) is 30.5. The molecule has 0 saturated carbocycles. The number of benzene rings is 7. The largest absolute Gasteiger partial charge is 0.458 e. The highest BCUT2D eigenvalue weighted by atomic mass is 16.5. The van der Waals surface area contributed by atoms with Gasteiger partial charge in [0.05, 0.1) is 5.69 Å². The Bertz CT molecular complexity index is 2940. The molecule has 0 unspecified atom stereocenters. The minimum Gasteiger partial charge on any atom is -0.458 e. The average molecular weight is 853 g/mol. The lowest BCUT2D eigenvalue weighted by molar-refractivity contribution is 0.486. The van der Waals surface area contributed by atoms with E-state index < -0.39 is 0 Å². The predicted octanol–water partition coefficient (Wildman–Crippen LogP) is 15.1. The van der Waals surface area contributed by atoms with Gasteiger partial charge in [-0.2, -0.15) is 0 Å². The molecule has 0 aromatic heterocycles. The van der Waals surface area contributed by atoms with Gasteiger partial charge in [0.1, 0.15) is 11.5 Å². The van der Waals surface area contributed by atoms with Crippen molar-refractivity contribution in [3.05, 3.63) is 173 Å². The molecule has 0 saturated heterocycles. The van der Waals surface area contributed by atoms with Crippen molar-refractivity contribution in [2.24, 2.45) is 0 Å². The third kappa shape index (κ3) is 6.93. The van der Waals surface area contributed by atoms with E-state index in [1.165, 1.54) is 72.3 Å². The molecule has 65 heavy (non-hydrogen) atoms. The number of hydrogen-bond donors (Lipinski definition) is 0. The molecule has 10 rings (SSSR count). The van der Waals surface area contributed by atoms with Gasteiger partial charge in [-0.3, -0.25) is 0 Å². The van der Waals surface area contributed by atoms with Gasteiger partial charge in [0.15, 0.2) is 0 Å². The maximum absolute atomic E-state index is 6.99. The summed E-state index contributed by atoms with van der Waals surface area (Å²) in [5.41, 5.74) is 21.0. The second-order valence-electron chi connectivity index (χ2n) is 23.5. The summed E-state index contributed by atoms with van der Waals surface area (Å²) in [5.74, 6) is 1.86. The molecular formula is C61H65BN2O. The Morgan fingerprint density at radius 3 is 1.57 bits per heavy atom. The van der Waals surface area contributed by atoms with E-state index >= 15 is 0 Å². The molecule has 4 heteroatoms. The predicted molar refractivity (Wildman–Crippen MR) is 279 cm³/mol. The van der Waals surface area contributed by atoms with Crippen molar-refractivity contribution in [2.45, 2.75) is 124 Å². The Hall–Kier alpha value is -6.00. The topological polar surface area (TPSA) is 15.7 Å². The Labute approximate surface area is 389 Å². The Kier molecular flexibility index (Phi) is 9.58. The van der Waals surface area contributed by atoms with Crippen LogP contribution in [0.5, 0.6) is 11.5 Å². The summed E-state index contributed by atoms with van der Waals surface area (Å²) in [5, 5.41) is 0. The van der Waals surface area contributed by atoms with E-state index in [0.29, 0.717) is 0 Å². The molecule has 7 aromatic carbocycles. The molecule has 7 aromatic rings. The lowest BCUT2D eigenvalue weighted by atomic mass is 9.33. The lowest BCUT2D eigenvalue weighted by Gasteiger charge is -2.43. The van der Waals surface area contributed by atoms with Crippen molar-refractivity contribution < 1.29 is 4.74 Å². The maximum atomic E-state index is 6.99. The van der Waals surface area contributed by atoms with E-state index in [9.17, 15) is 0 Å². The highest BCUT2D eigenvalue weighted by Gasteiger charge is 2.49. The molecule has 3 nitrogen and oxygen atoms in total. The zero-order valence-corrected chi connectivity index (χ0v) is 41.2. The van der Waals surface area contributed by atoms with Crippen LogP contribution in [0, 0.1) is 0 Å². The molecule has 2 heterocycles. The highest BCUT2D eigenvalue weighted by Crippen LogP contribution is 2.57. The molecule has 0 bridgehead atoms. The van der Waals surface area contributed by atoms with Crippen molar-refractivity contribution in [3.8, 4) is 22.6 Å². The van der Waals surface area contributed by atoms with Gasteiger partial charge >= 0.3 is 0 Å². The number of hydrogen-bond acceptors (Lipinski definition) is 3. The van der Waals surface area contributed by atoms with E-state index in [4.69, 9.17) is 4.74 Å². The highest BCUT2D eigenvalue weighted by molar-refractivity contribution is 7.00.